The minimum absolute atomic E-state index is 0.0324. The summed E-state index contributed by atoms with van der Waals surface area (Å²) in [6, 6.07) is 11.3. The lowest BCUT2D eigenvalue weighted by Crippen LogP contribution is -2.34. The molecule has 3 aromatic rings. The Hall–Kier alpha value is -2.58. The van der Waals surface area contributed by atoms with Crippen LogP contribution in [0.15, 0.2) is 67.2 Å². The maximum atomic E-state index is 14.3. The zero-order chi connectivity index (χ0) is 22.6. The number of halogens is 3. The van der Waals surface area contributed by atoms with E-state index in [2.05, 4.69) is 4.98 Å². The zero-order valence-corrected chi connectivity index (χ0v) is 18.7. The summed E-state index contributed by atoms with van der Waals surface area (Å²) in [7, 11) is 1.57. The van der Waals surface area contributed by atoms with E-state index >= 15 is 0 Å². The van der Waals surface area contributed by atoms with Crippen LogP contribution in [0.1, 0.15) is 11.1 Å². The largest absolute Gasteiger partial charge is 0.497 e. The number of benzene rings is 2. The highest BCUT2D eigenvalue weighted by Crippen LogP contribution is 2.40. The summed E-state index contributed by atoms with van der Waals surface area (Å²) >= 11 is 12.5. The van der Waals surface area contributed by atoms with Gasteiger partial charge in [0, 0.05) is 29.1 Å². The third-order valence-electron chi connectivity index (χ3n) is 4.95. The summed E-state index contributed by atoms with van der Waals surface area (Å²) in [6.07, 6.45) is 5.88. The molecule has 4 rings (SSSR count). The van der Waals surface area contributed by atoms with Crippen LogP contribution in [-0.2, 0) is 26.5 Å². The summed E-state index contributed by atoms with van der Waals surface area (Å²) in [6.45, 7) is 0.466. The van der Waals surface area contributed by atoms with Crippen LogP contribution in [0, 0.1) is 0 Å². The molecule has 1 fully saturated rings. The van der Waals surface area contributed by atoms with E-state index in [0.29, 0.717) is 33.5 Å². The van der Waals surface area contributed by atoms with Gasteiger partial charge in [-0.05, 0) is 29.8 Å². The van der Waals surface area contributed by atoms with Gasteiger partial charge in [0.15, 0.2) is 0 Å². The van der Waals surface area contributed by atoms with Gasteiger partial charge in [0.25, 0.3) is 6.01 Å². The van der Waals surface area contributed by atoms with Crippen LogP contribution in [0.25, 0.3) is 6.08 Å². The van der Waals surface area contributed by atoms with Gasteiger partial charge >= 0.3 is 0 Å². The topological polar surface area (TPSA) is 54.7 Å². The molecule has 1 aromatic heterocycles. The molecule has 2 unspecified atom stereocenters. The van der Waals surface area contributed by atoms with E-state index in [-0.39, 0.29) is 13.2 Å². The number of aromatic nitrogens is 2. The lowest BCUT2D eigenvalue weighted by molar-refractivity contribution is -0.190. The second-order valence-corrected chi connectivity index (χ2v) is 8.04. The van der Waals surface area contributed by atoms with Crippen LogP contribution in [0.5, 0.6) is 5.75 Å². The van der Waals surface area contributed by atoms with Gasteiger partial charge in [-0.2, -0.15) is 4.39 Å². The summed E-state index contributed by atoms with van der Waals surface area (Å²) in [5, 5.41) is 0.907. The third-order valence-corrected chi connectivity index (χ3v) is 5.50. The Kier molecular flexibility index (Phi) is 7.01. The number of rotatable bonds is 8. The van der Waals surface area contributed by atoms with E-state index in [1.165, 1.54) is 6.08 Å². The van der Waals surface area contributed by atoms with Crippen molar-refractivity contribution in [1.29, 1.82) is 0 Å². The fourth-order valence-electron chi connectivity index (χ4n) is 3.42. The van der Waals surface area contributed by atoms with Crippen molar-refractivity contribution in [2.45, 2.75) is 18.4 Å². The van der Waals surface area contributed by atoms with Crippen LogP contribution >= 0.6 is 23.2 Å². The number of imidazole rings is 1. The molecule has 0 N–H and O–H groups in total. The summed E-state index contributed by atoms with van der Waals surface area (Å²) in [4.78, 5) is 4.06. The Morgan fingerprint density at radius 2 is 2.09 bits per heavy atom. The molecule has 6 nitrogen and oxygen atoms in total. The second kappa shape index (κ2) is 9.92. The molecule has 2 heterocycles. The maximum Gasteiger partial charge on any atom is 0.273 e. The van der Waals surface area contributed by atoms with Crippen molar-refractivity contribution in [2.24, 2.45) is 0 Å². The van der Waals surface area contributed by atoms with Crippen LogP contribution in [0.4, 0.5) is 4.39 Å². The Labute approximate surface area is 195 Å². The number of ether oxygens (including phenoxy) is 4. The van der Waals surface area contributed by atoms with Gasteiger partial charge in [-0.3, -0.25) is 0 Å². The Bertz CT molecular complexity index is 1080. The number of hydrogen-bond donors (Lipinski definition) is 0. The molecule has 0 spiro atoms. The van der Waals surface area contributed by atoms with Crippen molar-refractivity contribution >= 4 is 29.3 Å². The molecule has 168 valence electrons. The molecule has 0 bridgehead atoms. The molecule has 1 saturated heterocycles. The molecule has 2 atom stereocenters. The molecule has 2 aromatic carbocycles. The van der Waals surface area contributed by atoms with Gasteiger partial charge in [-0.25, -0.2) is 4.98 Å². The Morgan fingerprint density at radius 3 is 2.78 bits per heavy atom. The summed E-state index contributed by atoms with van der Waals surface area (Å²) in [5.74, 6) is -0.498. The third kappa shape index (κ3) is 5.24. The molecule has 1 aliphatic heterocycles. The quantitative estimate of drug-likeness (QED) is 0.402. The first-order chi connectivity index (χ1) is 15.5. The smallest absolute Gasteiger partial charge is 0.273 e. The predicted molar refractivity (Wildman–Crippen MR) is 119 cm³/mol. The predicted octanol–water partition coefficient (Wildman–Crippen LogP) is 5.45. The van der Waals surface area contributed by atoms with E-state index < -0.39 is 17.9 Å². The van der Waals surface area contributed by atoms with Gasteiger partial charge in [0.05, 0.1) is 31.6 Å². The zero-order valence-electron chi connectivity index (χ0n) is 17.2. The molecule has 0 amide bonds. The average molecular weight is 479 g/mol. The molecule has 1 aliphatic rings. The van der Waals surface area contributed by atoms with Gasteiger partial charge < -0.3 is 23.5 Å². The van der Waals surface area contributed by atoms with Crippen LogP contribution < -0.4 is 4.74 Å². The molecule has 0 aliphatic carbocycles. The summed E-state index contributed by atoms with van der Waals surface area (Å²) < 4.78 is 38.8. The highest BCUT2D eigenvalue weighted by atomic mass is 35.5. The van der Waals surface area contributed by atoms with Crippen LogP contribution in [0.3, 0.4) is 0 Å². The van der Waals surface area contributed by atoms with Crippen LogP contribution in [-0.4, -0.2) is 36.0 Å². The van der Waals surface area contributed by atoms with E-state index in [4.69, 9.17) is 42.1 Å². The number of hydrogen-bond acceptors (Lipinski definition) is 5. The maximum absolute atomic E-state index is 14.3. The molecule has 9 heteroatoms. The van der Waals surface area contributed by atoms with E-state index in [1.54, 1.807) is 68.3 Å². The normalized spacial score (nSPS) is 21.0. The molecular formula is C23H21Cl2FN2O4. The summed E-state index contributed by atoms with van der Waals surface area (Å²) in [5.41, 5.74) is 1.27. The first-order valence-corrected chi connectivity index (χ1v) is 10.6. The van der Waals surface area contributed by atoms with E-state index in [1.807, 2.05) is 4.57 Å². The van der Waals surface area contributed by atoms with Gasteiger partial charge in [0.2, 0.25) is 5.79 Å². The first-order valence-electron chi connectivity index (χ1n) is 9.84. The first kappa shape index (κ1) is 22.6. The fourth-order valence-corrected chi connectivity index (χ4v) is 3.97. The van der Waals surface area contributed by atoms with Gasteiger partial charge in [-0.15, -0.1) is 0 Å². The fraction of sp³-hybridized carbons (Fsp3) is 0.261. The van der Waals surface area contributed by atoms with E-state index in [0.717, 1.165) is 0 Å². The SMILES string of the molecule is COc1ccc(/C=C(\F)OCC2COC(Cn3ccnc3)(c3ccc(Cl)cc3Cl)O2)cc1. The van der Waals surface area contributed by atoms with Crippen LogP contribution in [0.2, 0.25) is 10.0 Å². The van der Waals surface area contributed by atoms with Crippen molar-refractivity contribution in [2.75, 3.05) is 20.3 Å². The van der Waals surface area contributed by atoms with E-state index in [9.17, 15) is 4.39 Å². The monoisotopic (exact) mass is 478 g/mol. The highest BCUT2D eigenvalue weighted by molar-refractivity contribution is 6.35. The minimum atomic E-state index is -1.19. The Balaban J connectivity index is 1.46. The number of nitrogens with zero attached hydrogens (tertiary/aromatic N) is 2. The van der Waals surface area contributed by atoms with Gasteiger partial charge in [0.1, 0.15) is 18.5 Å². The Morgan fingerprint density at radius 1 is 1.28 bits per heavy atom. The lowest BCUT2D eigenvalue weighted by Gasteiger charge is -2.29. The highest BCUT2D eigenvalue weighted by Gasteiger charge is 2.45. The lowest BCUT2D eigenvalue weighted by atomic mass is 10.1. The minimum Gasteiger partial charge on any atom is -0.497 e. The standard InChI is InChI=1S/C23H21Cl2FN2O4/c1-29-18-5-2-16(3-6-18)10-22(26)30-12-19-13-31-23(32-19,14-28-9-8-27-15-28)20-7-4-17(24)11-21(20)25/h2-11,15,19H,12-14H2,1H3/b22-10+. The van der Waals surface area contributed by atoms with Crippen molar-refractivity contribution in [3.8, 4) is 5.75 Å². The molecule has 0 radical (unpaired) electrons. The second-order valence-electron chi connectivity index (χ2n) is 7.20. The average Bonchev–Trinajstić information content (AvgIpc) is 3.43. The van der Waals surface area contributed by atoms with Crippen molar-refractivity contribution in [3.05, 3.63) is 88.4 Å². The number of methoxy groups -OCH3 is 1. The molecule has 0 saturated carbocycles. The van der Waals surface area contributed by atoms with Gasteiger partial charge in [-0.1, -0.05) is 41.4 Å². The van der Waals surface area contributed by atoms with Crippen molar-refractivity contribution < 1.29 is 23.3 Å². The van der Waals surface area contributed by atoms with Crippen molar-refractivity contribution in [1.82, 2.24) is 9.55 Å². The van der Waals surface area contributed by atoms with Crippen molar-refractivity contribution in [3.63, 3.8) is 0 Å². The molecule has 32 heavy (non-hydrogen) atoms. The molecular weight excluding hydrogens is 458 g/mol.